The van der Waals surface area contributed by atoms with E-state index in [2.05, 4.69) is 10.0 Å². The Morgan fingerprint density at radius 2 is 1.50 bits per heavy atom. The molecule has 0 aliphatic rings. The number of carbonyl (C=O) groups is 1. The predicted octanol–water partition coefficient (Wildman–Crippen LogP) is 4.90. The van der Waals surface area contributed by atoms with Crippen LogP contribution in [0.25, 0.3) is 0 Å². The van der Waals surface area contributed by atoms with E-state index in [1.165, 1.54) is 6.07 Å². The molecule has 5 nitrogen and oxygen atoms in total. The van der Waals surface area contributed by atoms with Gasteiger partial charge in [-0.05, 0) is 74.2 Å². The number of rotatable bonds is 6. The molecular formula is C24H26N2O3S. The molecule has 6 heteroatoms. The molecule has 0 aliphatic carbocycles. The third kappa shape index (κ3) is 4.89. The van der Waals surface area contributed by atoms with Gasteiger partial charge in [0.1, 0.15) is 0 Å². The van der Waals surface area contributed by atoms with E-state index < -0.39 is 10.0 Å². The Morgan fingerprint density at radius 1 is 0.833 bits per heavy atom. The summed E-state index contributed by atoms with van der Waals surface area (Å²) in [4.78, 5) is 12.8. The molecule has 3 rings (SSSR count). The molecule has 3 aromatic rings. The molecule has 0 aromatic heterocycles. The lowest BCUT2D eigenvalue weighted by Gasteiger charge is -2.16. The molecule has 0 radical (unpaired) electrons. The van der Waals surface area contributed by atoms with Crippen molar-refractivity contribution < 1.29 is 13.2 Å². The lowest BCUT2D eigenvalue weighted by atomic mass is 10.1. The highest BCUT2D eigenvalue weighted by Gasteiger charge is 2.20. The highest BCUT2D eigenvalue weighted by atomic mass is 32.2. The molecule has 0 heterocycles. The summed E-state index contributed by atoms with van der Waals surface area (Å²) in [6.07, 6.45) is 0. The van der Waals surface area contributed by atoms with Crippen LogP contribution in [0, 0.1) is 20.8 Å². The van der Waals surface area contributed by atoms with Crippen molar-refractivity contribution in [2.75, 3.05) is 4.72 Å². The van der Waals surface area contributed by atoms with Gasteiger partial charge in [-0.15, -0.1) is 0 Å². The molecule has 0 fully saturated rings. The fourth-order valence-corrected chi connectivity index (χ4v) is 4.47. The molecule has 30 heavy (non-hydrogen) atoms. The maximum Gasteiger partial charge on any atom is 0.262 e. The number of anilines is 1. The Bertz CT molecular complexity index is 1170. The van der Waals surface area contributed by atoms with Crippen LogP contribution in [0.5, 0.6) is 0 Å². The van der Waals surface area contributed by atoms with Crippen LogP contribution in [0.3, 0.4) is 0 Å². The van der Waals surface area contributed by atoms with Gasteiger partial charge in [0.2, 0.25) is 0 Å². The number of aryl methyl sites for hydroxylation is 3. The van der Waals surface area contributed by atoms with E-state index in [0.29, 0.717) is 16.8 Å². The highest BCUT2D eigenvalue weighted by molar-refractivity contribution is 7.92. The quantitative estimate of drug-likeness (QED) is 0.593. The topological polar surface area (TPSA) is 75.3 Å². The van der Waals surface area contributed by atoms with Crippen LogP contribution >= 0.6 is 0 Å². The Hall–Kier alpha value is -3.12. The largest absolute Gasteiger partial charge is 0.346 e. The van der Waals surface area contributed by atoms with Crippen LogP contribution in [0.1, 0.15) is 45.6 Å². The fourth-order valence-electron chi connectivity index (χ4n) is 3.15. The monoisotopic (exact) mass is 422 g/mol. The zero-order valence-corrected chi connectivity index (χ0v) is 18.4. The molecule has 156 valence electrons. The van der Waals surface area contributed by atoms with Crippen molar-refractivity contribution in [3.63, 3.8) is 0 Å². The highest BCUT2D eigenvalue weighted by Crippen LogP contribution is 2.23. The minimum Gasteiger partial charge on any atom is -0.346 e. The van der Waals surface area contributed by atoms with Gasteiger partial charge in [0.15, 0.2) is 0 Å². The van der Waals surface area contributed by atoms with Gasteiger partial charge in [0.25, 0.3) is 15.9 Å². The SMILES string of the molecule is Cc1ccc(NS(=O)(=O)c2cc(C(=O)N[C@@H](C)c3ccccc3)ccc2C)cc1C. The predicted molar refractivity (Wildman–Crippen MR) is 120 cm³/mol. The van der Waals surface area contributed by atoms with Crippen molar-refractivity contribution in [1.82, 2.24) is 5.32 Å². The molecule has 3 aromatic carbocycles. The number of amides is 1. The van der Waals surface area contributed by atoms with Gasteiger partial charge in [-0.3, -0.25) is 9.52 Å². The average Bonchev–Trinajstić information content (AvgIpc) is 2.71. The maximum atomic E-state index is 13.0. The Kier molecular flexibility index (Phi) is 6.27. The van der Waals surface area contributed by atoms with E-state index in [1.807, 2.05) is 57.2 Å². The van der Waals surface area contributed by atoms with Crippen LogP contribution in [-0.4, -0.2) is 14.3 Å². The standard InChI is InChI=1S/C24H26N2O3S/c1-16-11-13-22(14-18(16)3)26-30(28,29)23-15-21(12-10-17(23)2)24(27)25-19(4)20-8-6-5-7-9-20/h5-15,19,26H,1-4H3,(H,25,27)/t19-/m0/s1. The molecule has 0 unspecified atom stereocenters. The van der Waals surface area contributed by atoms with Crippen LogP contribution < -0.4 is 10.0 Å². The number of sulfonamides is 1. The molecule has 1 atom stereocenters. The Morgan fingerprint density at radius 3 is 2.17 bits per heavy atom. The second-order valence-electron chi connectivity index (χ2n) is 7.49. The molecule has 0 saturated heterocycles. The van der Waals surface area contributed by atoms with Gasteiger partial charge >= 0.3 is 0 Å². The molecule has 0 aliphatic heterocycles. The molecular weight excluding hydrogens is 396 g/mol. The first-order chi connectivity index (χ1) is 14.2. The summed E-state index contributed by atoms with van der Waals surface area (Å²) in [7, 11) is -3.84. The van der Waals surface area contributed by atoms with E-state index in [1.54, 1.807) is 31.2 Å². The lowest BCUT2D eigenvalue weighted by molar-refractivity contribution is 0.0939. The van der Waals surface area contributed by atoms with Gasteiger partial charge < -0.3 is 5.32 Å². The van der Waals surface area contributed by atoms with Crippen molar-refractivity contribution in [2.24, 2.45) is 0 Å². The molecule has 1 amide bonds. The molecule has 0 saturated carbocycles. The normalized spacial score (nSPS) is 12.3. The molecule has 0 spiro atoms. The number of nitrogens with one attached hydrogen (secondary N) is 2. The second kappa shape index (κ2) is 8.71. The first-order valence-electron chi connectivity index (χ1n) is 9.74. The summed E-state index contributed by atoms with van der Waals surface area (Å²) in [6.45, 7) is 7.50. The van der Waals surface area contributed by atoms with Crippen molar-refractivity contribution in [2.45, 2.75) is 38.6 Å². The van der Waals surface area contributed by atoms with Crippen molar-refractivity contribution >= 4 is 21.6 Å². The van der Waals surface area contributed by atoms with E-state index in [4.69, 9.17) is 0 Å². The van der Waals surface area contributed by atoms with Gasteiger partial charge in [0.05, 0.1) is 10.9 Å². The zero-order valence-electron chi connectivity index (χ0n) is 17.6. The van der Waals surface area contributed by atoms with Crippen molar-refractivity contribution in [3.8, 4) is 0 Å². The summed E-state index contributed by atoms with van der Waals surface area (Å²) in [6, 6.07) is 19.5. The van der Waals surface area contributed by atoms with E-state index in [9.17, 15) is 13.2 Å². The maximum absolute atomic E-state index is 13.0. The van der Waals surface area contributed by atoms with Crippen LogP contribution in [0.2, 0.25) is 0 Å². The van der Waals surface area contributed by atoms with E-state index in [0.717, 1.165) is 16.7 Å². The van der Waals surface area contributed by atoms with Crippen molar-refractivity contribution in [3.05, 3.63) is 94.5 Å². The summed E-state index contributed by atoms with van der Waals surface area (Å²) in [5, 5.41) is 2.92. The Labute approximate surface area is 178 Å². The first-order valence-corrected chi connectivity index (χ1v) is 11.2. The van der Waals surface area contributed by atoms with Crippen LogP contribution in [-0.2, 0) is 10.0 Å². The van der Waals surface area contributed by atoms with Gasteiger partial charge in [-0.2, -0.15) is 0 Å². The summed E-state index contributed by atoms with van der Waals surface area (Å²) in [5.41, 5.74) is 4.41. The van der Waals surface area contributed by atoms with Crippen LogP contribution in [0.4, 0.5) is 5.69 Å². The third-order valence-electron chi connectivity index (χ3n) is 5.15. The summed E-state index contributed by atoms with van der Waals surface area (Å²) < 4.78 is 28.6. The molecule has 2 N–H and O–H groups in total. The second-order valence-corrected chi connectivity index (χ2v) is 9.14. The average molecular weight is 423 g/mol. The van der Waals surface area contributed by atoms with Gasteiger partial charge in [0, 0.05) is 11.3 Å². The summed E-state index contributed by atoms with van der Waals surface area (Å²) >= 11 is 0. The summed E-state index contributed by atoms with van der Waals surface area (Å²) in [5.74, 6) is -0.325. The Balaban J connectivity index is 1.84. The van der Waals surface area contributed by atoms with Gasteiger partial charge in [-0.1, -0.05) is 42.5 Å². The van der Waals surface area contributed by atoms with Crippen LogP contribution in [0.15, 0.2) is 71.6 Å². The number of hydrogen-bond acceptors (Lipinski definition) is 3. The molecule has 0 bridgehead atoms. The van der Waals surface area contributed by atoms with E-state index in [-0.39, 0.29) is 16.8 Å². The number of benzene rings is 3. The fraction of sp³-hybridized carbons (Fsp3) is 0.208. The minimum absolute atomic E-state index is 0.0840. The number of hydrogen-bond donors (Lipinski definition) is 2. The third-order valence-corrected chi connectivity index (χ3v) is 6.67. The minimum atomic E-state index is -3.84. The van der Waals surface area contributed by atoms with E-state index >= 15 is 0 Å². The zero-order chi connectivity index (χ0) is 21.9. The number of carbonyl (C=O) groups excluding carboxylic acids is 1. The lowest BCUT2D eigenvalue weighted by Crippen LogP contribution is -2.27. The van der Waals surface area contributed by atoms with Gasteiger partial charge in [-0.25, -0.2) is 8.42 Å². The first kappa shape index (κ1) is 21.6. The smallest absolute Gasteiger partial charge is 0.262 e. The van der Waals surface area contributed by atoms with Crippen molar-refractivity contribution in [1.29, 1.82) is 0 Å².